The molecule has 3 aromatic carbocycles. The van der Waals surface area contributed by atoms with Gasteiger partial charge in [-0.15, -0.1) is 0 Å². The van der Waals surface area contributed by atoms with E-state index in [2.05, 4.69) is 10.3 Å². The van der Waals surface area contributed by atoms with Gasteiger partial charge in [0.1, 0.15) is 23.9 Å². The Hall–Kier alpha value is -4.32. The maximum atomic E-state index is 11.9. The predicted octanol–water partition coefficient (Wildman–Crippen LogP) is 5.30. The molecule has 0 radical (unpaired) electrons. The molecule has 166 valence electrons. The molecule has 33 heavy (non-hydrogen) atoms. The molecular weight excluding hydrogens is 416 g/mol. The molecule has 4 aromatic rings. The highest BCUT2D eigenvalue weighted by atomic mass is 16.5. The first-order chi connectivity index (χ1) is 16.2. The van der Waals surface area contributed by atoms with Crippen LogP contribution in [0, 0.1) is 0 Å². The lowest BCUT2D eigenvalue weighted by Gasteiger charge is -2.07. The van der Waals surface area contributed by atoms with Crippen LogP contribution in [0.5, 0.6) is 11.5 Å². The Kier molecular flexibility index (Phi) is 7.53. The molecule has 6 heteroatoms. The molecule has 1 heterocycles. The normalized spacial score (nSPS) is 10.8. The molecule has 0 spiro atoms. The van der Waals surface area contributed by atoms with Crippen LogP contribution in [0.1, 0.15) is 16.9 Å². The Labute approximate surface area is 192 Å². The fourth-order valence-corrected chi connectivity index (χ4v) is 2.97. The van der Waals surface area contributed by atoms with Gasteiger partial charge in [-0.05, 0) is 71.8 Å². The second-order valence-corrected chi connectivity index (χ2v) is 7.24. The van der Waals surface area contributed by atoms with Crippen LogP contribution in [-0.2, 0) is 17.9 Å². The van der Waals surface area contributed by atoms with Gasteiger partial charge in [0.25, 0.3) is 5.91 Å². The van der Waals surface area contributed by atoms with Gasteiger partial charge in [0.2, 0.25) is 0 Å². The summed E-state index contributed by atoms with van der Waals surface area (Å²) in [5.41, 5.74) is 2.88. The molecule has 0 bridgehead atoms. The van der Waals surface area contributed by atoms with Crippen molar-refractivity contribution in [2.45, 2.75) is 13.2 Å². The fourth-order valence-electron chi connectivity index (χ4n) is 2.97. The summed E-state index contributed by atoms with van der Waals surface area (Å²) in [7, 11) is 0. The number of rotatable bonds is 10. The van der Waals surface area contributed by atoms with Crippen molar-refractivity contribution in [1.29, 1.82) is 0 Å². The average Bonchev–Trinajstić information content (AvgIpc) is 3.39. The van der Waals surface area contributed by atoms with Crippen molar-refractivity contribution in [3.05, 3.63) is 114 Å². The number of nitrogens with one attached hydrogen (secondary N) is 1. The van der Waals surface area contributed by atoms with Crippen molar-refractivity contribution in [2.75, 3.05) is 6.61 Å². The highest BCUT2D eigenvalue weighted by Gasteiger charge is 2.04. The first kappa shape index (κ1) is 21.9. The van der Waals surface area contributed by atoms with E-state index in [9.17, 15) is 4.79 Å². The first-order valence-electron chi connectivity index (χ1n) is 10.6. The maximum absolute atomic E-state index is 11.9. The van der Waals surface area contributed by atoms with Crippen molar-refractivity contribution in [1.82, 2.24) is 5.32 Å². The summed E-state index contributed by atoms with van der Waals surface area (Å²) in [4.78, 5) is 16.4. The minimum atomic E-state index is -0.215. The SMILES string of the molecule is O=C(COc1ccc(C=Nc2ccc(OCc3ccccc3)cc2)cc1)NCc1ccco1. The molecule has 0 saturated heterocycles. The van der Waals surface area contributed by atoms with Crippen LogP contribution in [0.2, 0.25) is 0 Å². The molecule has 1 N–H and O–H groups in total. The van der Waals surface area contributed by atoms with Crippen molar-refractivity contribution in [3.63, 3.8) is 0 Å². The summed E-state index contributed by atoms with van der Waals surface area (Å²) in [5.74, 6) is 1.89. The van der Waals surface area contributed by atoms with Crippen LogP contribution in [0.15, 0.2) is 107 Å². The number of benzene rings is 3. The Bertz CT molecular complexity index is 1150. The van der Waals surface area contributed by atoms with E-state index in [1.807, 2.05) is 78.9 Å². The molecule has 1 aromatic heterocycles. The number of nitrogens with zero attached hydrogens (tertiary/aromatic N) is 1. The van der Waals surface area contributed by atoms with Gasteiger partial charge in [-0.25, -0.2) is 0 Å². The molecule has 0 saturated carbocycles. The van der Waals surface area contributed by atoms with E-state index in [4.69, 9.17) is 13.9 Å². The highest BCUT2D eigenvalue weighted by Crippen LogP contribution is 2.19. The van der Waals surface area contributed by atoms with Gasteiger partial charge >= 0.3 is 0 Å². The van der Waals surface area contributed by atoms with Crippen molar-refractivity contribution in [3.8, 4) is 11.5 Å². The Morgan fingerprint density at radius 1 is 0.848 bits per heavy atom. The third-order valence-electron chi connectivity index (χ3n) is 4.74. The van der Waals surface area contributed by atoms with Crippen molar-refractivity contribution in [2.24, 2.45) is 4.99 Å². The second-order valence-electron chi connectivity index (χ2n) is 7.24. The third-order valence-corrected chi connectivity index (χ3v) is 4.74. The van der Waals surface area contributed by atoms with Gasteiger partial charge in [-0.3, -0.25) is 9.79 Å². The lowest BCUT2D eigenvalue weighted by Crippen LogP contribution is -2.28. The number of carbonyl (C=O) groups is 1. The van der Waals surface area contributed by atoms with Crippen LogP contribution >= 0.6 is 0 Å². The fraction of sp³-hybridized carbons (Fsp3) is 0.111. The van der Waals surface area contributed by atoms with Gasteiger partial charge in [0, 0.05) is 6.21 Å². The minimum absolute atomic E-state index is 0.0627. The van der Waals surface area contributed by atoms with E-state index in [0.717, 1.165) is 22.6 Å². The molecular formula is C27H24N2O4. The average molecular weight is 440 g/mol. The lowest BCUT2D eigenvalue weighted by molar-refractivity contribution is -0.123. The van der Waals surface area contributed by atoms with Gasteiger partial charge < -0.3 is 19.2 Å². The summed E-state index contributed by atoms with van der Waals surface area (Å²) in [5, 5.41) is 2.74. The van der Waals surface area contributed by atoms with Crippen molar-refractivity contribution >= 4 is 17.8 Å². The minimum Gasteiger partial charge on any atom is -0.489 e. The second kappa shape index (κ2) is 11.3. The molecule has 4 rings (SSSR count). The number of ether oxygens (including phenoxy) is 2. The molecule has 1 amide bonds. The molecule has 6 nitrogen and oxygen atoms in total. The zero-order valence-corrected chi connectivity index (χ0v) is 18.0. The predicted molar refractivity (Wildman–Crippen MR) is 127 cm³/mol. The number of furan rings is 1. The van der Waals surface area contributed by atoms with E-state index < -0.39 is 0 Å². The molecule has 0 unspecified atom stereocenters. The summed E-state index contributed by atoms with van der Waals surface area (Å²) in [6.45, 7) is 0.807. The van der Waals surface area contributed by atoms with Crippen LogP contribution < -0.4 is 14.8 Å². The molecule has 0 atom stereocenters. The monoisotopic (exact) mass is 440 g/mol. The van der Waals surface area contributed by atoms with E-state index in [0.29, 0.717) is 24.7 Å². The third kappa shape index (κ3) is 7.11. The highest BCUT2D eigenvalue weighted by molar-refractivity contribution is 5.82. The van der Waals surface area contributed by atoms with E-state index in [-0.39, 0.29) is 12.5 Å². The number of amides is 1. The summed E-state index contributed by atoms with van der Waals surface area (Å²) in [6, 6.07) is 28.6. The van der Waals surface area contributed by atoms with E-state index in [1.54, 1.807) is 24.6 Å². The van der Waals surface area contributed by atoms with Crippen LogP contribution in [0.3, 0.4) is 0 Å². The number of aliphatic imine (C=N–C) groups is 1. The van der Waals surface area contributed by atoms with E-state index in [1.165, 1.54) is 0 Å². The van der Waals surface area contributed by atoms with Gasteiger partial charge in [0.05, 0.1) is 18.5 Å². The number of carbonyl (C=O) groups excluding carboxylic acids is 1. The van der Waals surface area contributed by atoms with Crippen molar-refractivity contribution < 1.29 is 18.7 Å². The van der Waals surface area contributed by atoms with Crippen LogP contribution in [0.25, 0.3) is 0 Å². The van der Waals surface area contributed by atoms with Crippen LogP contribution in [0.4, 0.5) is 5.69 Å². The summed E-state index contributed by atoms with van der Waals surface area (Å²) < 4.78 is 16.5. The zero-order valence-electron chi connectivity index (χ0n) is 18.0. The topological polar surface area (TPSA) is 73.1 Å². The maximum Gasteiger partial charge on any atom is 0.258 e. The van der Waals surface area contributed by atoms with Crippen LogP contribution in [-0.4, -0.2) is 18.7 Å². The smallest absolute Gasteiger partial charge is 0.258 e. The molecule has 0 aliphatic rings. The quantitative estimate of drug-likeness (QED) is 0.340. The Morgan fingerprint density at radius 2 is 1.58 bits per heavy atom. The number of hydrogen-bond donors (Lipinski definition) is 1. The van der Waals surface area contributed by atoms with Gasteiger partial charge in [-0.1, -0.05) is 30.3 Å². The molecule has 0 aliphatic heterocycles. The first-order valence-corrected chi connectivity index (χ1v) is 10.6. The Balaban J connectivity index is 1.21. The largest absolute Gasteiger partial charge is 0.489 e. The lowest BCUT2D eigenvalue weighted by atomic mass is 10.2. The van der Waals surface area contributed by atoms with Gasteiger partial charge in [0.15, 0.2) is 6.61 Å². The standard InChI is InChI=1S/C27H24N2O4/c30-27(29-18-26-7-4-16-31-26)20-33-24-12-8-21(9-13-24)17-28-23-10-14-25(15-11-23)32-19-22-5-2-1-3-6-22/h1-17H,18-20H2,(H,29,30). The molecule has 0 aliphatic carbocycles. The summed E-state index contributed by atoms with van der Waals surface area (Å²) >= 11 is 0. The molecule has 0 fully saturated rings. The Morgan fingerprint density at radius 3 is 2.30 bits per heavy atom. The summed E-state index contributed by atoms with van der Waals surface area (Å²) in [6.07, 6.45) is 3.35. The zero-order chi connectivity index (χ0) is 22.7. The van der Waals surface area contributed by atoms with Gasteiger partial charge in [-0.2, -0.15) is 0 Å². The number of hydrogen-bond acceptors (Lipinski definition) is 5. The van der Waals surface area contributed by atoms with E-state index >= 15 is 0 Å².